The van der Waals surface area contributed by atoms with E-state index in [1.165, 1.54) is 32.1 Å². The lowest BCUT2D eigenvalue weighted by Gasteiger charge is -2.17. The lowest BCUT2D eigenvalue weighted by molar-refractivity contribution is -0.150. The Balaban J connectivity index is 3.94. The van der Waals surface area contributed by atoms with Gasteiger partial charge in [-0.15, -0.1) is 0 Å². The number of unbranched alkanes of at least 4 members (excludes halogenated alkanes) is 10. The molecule has 0 amide bonds. The number of carbonyl (C=O) groups is 2. The molecule has 0 aromatic heterocycles. The fraction of sp³-hybridized carbons (Fsp3) is 0.900. The van der Waals surface area contributed by atoms with Crippen LogP contribution in [0.4, 0.5) is 0 Å². The van der Waals surface area contributed by atoms with Gasteiger partial charge in [-0.05, 0) is 23.9 Å². The zero-order valence-electron chi connectivity index (χ0n) is 17.0. The van der Waals surface area contributed by atoms with E-state index in [1.807, 2.05) is 0 Å². The van der Waals surface area contributed by atoms with Crippen molar-refractivity contribution in [3.05, 3.63) is 0 Å². The van der Waals surface area contributed by atoms with Crippen molar-refractivity contribution in [2.24, 2.45) is 0 Å². The van der Waals surface area contributed by atoms with Crippen molar-refractivity contribution in [2.75, 3.05) is 13.2 Å². The average Bonchev–Trinajstić information content (AvgIpc) is 2.64. The van der Waals surface area contributed by atoms with E-state index in [-0.39, 0.29) is 13.2 Å². The van der Waals surface area contributed by atoms with Crippen LogP contribution in [-0.4, -0.2) is 39.2 Å². The number of rotatable bonds is 18. The Labute approximate surface area is 167 Å². The van der Waals surface area contributed by atoms with E-state index in [2.05, 4.69) is 13.8 Å². The SMILES string of the molecule is CCCCCCCCOC(=O)CC(C(=O)OCCCCCCCC)S(=O)[O-]. The Bertz CT molecular complexity index is 413. The average molecular weight is 406 g/mol. The molecule has 0 bridgehead atoms. The fourth-order valence-corrected chi connectivity index (χ4v) is 3.15. The predicted octanol–water partition coefficient (Wildman–Crippen LogP) is 4.43. The van der Waals surface area contributed by atoms with Gasteiger partial charge in [0.25, 0.3) is 0 Å². The first kappa shape index (κ1) is 26.1. The second-order valence-electron chi connectivity index (χ2n) is 6.88. The Morgan fingerprint density at radius 1 is 0.778 bits per heavy atom. The molecule has 0 heterocycles. The lowest BCUT2D eigenvalue weighted by Crippen LogP contribution is -2.31. The lowest BCUT2D eigenvalue weighted by atomic mass is 10.1. The minimum atomic E-state index is -2.70. The van der Waals surface area contributed by atoms with Crippen molar-refractivity contribution >= 4 is 23.0 Å². The summed E-state index contributed by atoms with van der Waals surface area (Å²) in [6, 6.07) is 0. The second kappa shape index (κ2) is 18.4. The van der Waals surface area contributed by atoms with E-state index in [0.29, 0.717) is 6.42 Å². The van der Waals surface area contributed by atoms with Crippen LogP contribution in [0.25, 0.3) is 0 Å². The summed E-state index contributed by atoms with van der Waals surface area (Å²) in [6.07, 6.45) is 12.1. The van der Waals surface area contributed by atoms with Crippen molar-refractivity contribution in [3.63, 3.8) is 0 Å². The number of esters is 2. The standard InChI is InChI=1S/C20H38O6S/c1-3-5-7-9-11-13-15-25-19(21)17-18(27(23)24)20(22)26-16-14-12-10-8-6-4-2/h18H,3-17H2,1-2H3,(H,23,24)/p-1. The molecule has 0 radical (unpaired) electrons. The molecule has 7 heteroatoms. The van der Waals surface area contributed by atoms with Crippen molar-refractivity contribution in [2.45, 2.75) is 103 Å². The van der Waals surface area contributed by atoms with E-state index < -0.39 is 34.7 Å². The van der Waals surface area contributed by atoms with E-state index in [1.54, 1.807) is 0 Å². The molecular formula is C20H37O6S-. The minimum absolute atomic E-state index is 0.186. The maximum atomic E-state index is 11.9. The molecule has 0 N–H and O–H groups in total. The van der Waals surface area contributed by atoms with Crippen LogP contribution in [0, 0.1) is 0 Å². The van der Waals surface area contributed by atoms with Gasteiger partial charge in [0.05, 0.1) is 19.6 Å². The van der Waals surface area contributed by atoms with Gasteiger partial charge in [0.2, 0.25) is 0 Å². The highest BCUT2D eigenvalue weighted by atomic mass is 32.2. The van der Waals surface area contributed by atoms with Gasteiger partial charge in [-0.1, -0.05) is 78.1 Å². The second-order valence-corrected chi connectivity index (χ2v) is 7.97. The Morgan fingerprint density at radius 2 is 1.22 bits per heavy atom. The molecular weight excluding hydrogens is 368 g/mol. The molecule has 0 aliphatic rings. The van der Waals surface area contributed by atoms with Crippen LogP contribution >= 0.6 is 0 Å². The van der Waals surface area contributed by atoms with Gasteiger partial charge < -0.3 is 14.0 Å². The molecule has 0 saturated heterocycles. The maximum absolute atomic E-state index is 11.9. The van der Waals surface area contributed by atoms with E-state index in [0.717, 1.165) is 38.5 Å². The first-order chi connectivity index (χ1) is 13.0. The first-order valence-corrected chi connectivity index (χ1v) is 11.6. The third kappa shape index (κ3) is 15.8. The van der Waals surface area contributed by atoms with Crippen molar-refractivity contribution in [1.82, 2.24) is 0 Å². The molecule has 0 aliphatic carbocycles. The molecule has 0 rings (SSSR count). The largest absolute Gasteiger partial charge is 0.772 e. The Hall–Kier alpha value is -0.950. The van der Waals surface area contributed by atoms with Crippen LogP contribution in [-0.2, 0) is 30.1 Å². The van der Waals surface area contributed by atoms with Gasteiger partial charge in [-0.2, -0.15) is 0 Å². The van der Waals surface area contributed by atoms with Crippen molar-refractivity contribution in [3.8, 4) is 0 Å². The van der Waals surface area contributed by atoms with Crippen LogP contribution in [0.3, 0.4) is 0 Å². The molecule has 0 aromatic carbocycles. The molecule has 160 valence electrons. The topological polar surface area (TPSA) is 92.7 Å². The quantitative estimate of drug-likeness (QED) is 0.190. The van der Waals surface area contributed by atoms with Gasteiger partial charge in [-0.3, -0.25) is 13.8 Å². The molecule has 0 aromatic rings. The van der Waals surface area contributed by atoms with Crippen molar-refractivity contribution < 1.29 is 27.8 Å². The third-order valence-corrected chi connectivity index (χ3v) is 5.17. The highest BCUT2D eigenvalue weighted by Gasteiger charge is 2.25. The zero-order chi connectivity index (χ0) is 20.3. The summed E-state index contributed by atoms with van der Waals surface area (Å²) in [7, 11) is 0. The minimum Gasteiger partial charge on any atom is -0.772 e. The number of ether oxygens (including phenoxy) is 2. The molecule has 0 fully saturated rings. The van der Waals surface area contributed by atoms with Crippen LogP contribution in [0.15, 0.2) is 0 Å². The smallest absolute Gasteiger partial charge is 0.321 e. The molecule has 2 atom stereocenters. The molecule has 2 unspecified atom stereocenters. The van der Waals surface area contributed by atoms with Gasteiger partial charge in [0.1, 0.15) is 5.25 Å². The maximum Gasteiger partial charge on any atom is 0.321 e. The van der Waals surface area contributed by atoms with Crippen LogP contribution < -0.4 is 0 Å². The number of carbonyl (C=O) groups excluding carboxylic acids is 2. The summed E-state index contributed by atoms with van der Waals surface area (Å²) in [5.74, 6) is -1.54. The summed E-state index contributed by atoms with van der Waals surface area (Å²) in [5, 5.41) is -1.48. The monoisotopic (exact) mass is 405 g/mol. The molecule has 0 saturated carbocycles. The van der Waals surface area contributed by atoms with E-state index >= 15 is 0 Å². The summed E-state index contributed by atoms with van der Waals surface area (Å²) in [5.41, 5.74) is 0. The predicted molar refractivity (Wildman–Crippen MR) is 106 cm³/mol. The van der Waals surface area contributed by atoms with Crippen LogP contribution in [0.5, 0.6) is 0 Å². The van der Waals surface area contributed by atoms with Crippen LogP contribution in [0.2, 0.25) is 0 Å². The molecule has 6 nitrogen and oxygen atoms in total. The van der Waals surface area contributed by atoms with E-state index in [4.69, 9.17) is 9.47 Å². The fourth-order valence-electron chi connectivity index (χ4n) is 2.66. The third-order valence-electron chi connectivity index (χ3n) is 4.35. The summed E-state index contributed by atoms with van der Waals surface area (Å²) >= 11 is -2.70. The van der Waals surface area contributed by atoms with Gasteiger partial charge in [-0.25, -0.2) is 0 Å². The zero-order valence-corrected chi connectivity index (χ0v) is 17.9. The summed E-state index contributed by atoms with van der Waals surface area (Å²) < 4.78 is 32.6. The first-order valence-electron chi connectivity index (χ1n) is 10.4. The Morgan fingerprint density at radius 3 is 1.70 bits per heavy atom. The van der Waals surface area contributed by atoms with Gasteiger partial charge >= 0.3 is 11.9 Å². The van der Waals surface area contributed by atoms with E-state index in [9.17, 15) is 18.4 Å². The molecule has 27 heavy (non-hydrogen) atoms. The van der Waals surface area contributed by atoms with Gasteiger partial charge in [0.15, 0.2) is 0 Å². The Kier molecular flexibility index (Phi) is 17.8. The van der Waals surface area contributed by atoms with Crippen LogP contribution in [0.1, 0.15) is 97.3 Å². The summed E-state index contributed by atoms with van der Waals surface area (Å²) in [6.45, 7) is 4.74. The van der Waals surface area contributed by atoms with Gasteiger partial charge in [0, 0.05) is 0 Å². The summed E-state index contributed by atoms with van der Waals surface area (Å²) in [4.78, 5) is 23.7. The number of hydrogen-bond donors (Lipinski definition) is 0. The molecule has 0 aliphatic heterocycles. The molecule has 0 spiro atoms. The highest BCUT2D eigenvalue weighted by molar-refractivity contribution is 7.80. The van der Waals surface area contributed by atoms with Crippen molar-refractivity contribution in [1.29, 1.82) is 0 Å². The number of hydrogen-bond acceptors (Lipinski definition) is 6. The normalized spacial score (nSPS) is 13.1. The highest BCUT2D eigenvalue weighted by Crippen LogP contribution is 2.09.